The summed E-state index contributed by atoms with van der Waals surface area (Å²) in [6.07, 6.45) is 2.06. The highest BCUT2D eigenvalue weighted by molar-refractivity contribution is 7.10. The highest BCUT2D eigenvalue weighted by atomic mass is 32.1. The maximum atomic E-state index is 13.3. The zero-order valence-electron chi connectivity index (χ0n) is 16.3. The van der Waals surface area contributed by atoms with E-state index in [1.54, 1.807) is 46.9 Å². The molecular weight excluding hydrogens is 414 g/mol. The van der Waals surface area contributed by atoms with Gasteiger partial charge in [0.15, 0.2) is 0 Å². The number of aromatic nitrogens is 1. The predicted molar refractivity (Wildman–Crippen MR) is 122 cm³/mol. The number of carbonyl (C=O) groups is 2. The molecule has 3 aromatic heterocycles. The molecule has 4 heterocycles. The quantitative estimate of drug-likeness (QED) is 0.472. The summed E-state index contributed by atoms with van der Waals surface area (Å²) < 4.78 is 2.19. The smallest absolute Gasteiger partial charge is 0.258 e. The van der Waals surface area contributed by atoms with E-state index in [1.807, 2.05) is 40.8 Å². The number of anilines is 2. The monoisotopic (exact) mass is 433 g/mol. The van der Waals surface area contributed by atoms with Crippen LogP contribution in [0.25, 0.3) is 0 Å². The van der Waals surface area contributed by atoms with Gasteiger partial charge in [-0.05, 0) is 66.2 Å². The summed E-state index contributed by atoms with van der Waals surface area (Å²) in [4.78, 5) is 29.8. The van der Waals surface area contributed by atoms with Gasteiger partial charge >= 0.3 is 0 Å². The summed E-state index contributed by atoms with van der Waals surface area (Å²) in [5.74, 6) is -0.181. The van der Waals surface area contributed by atoms with Crippen molar-refractivity contribution in [3.63, 3.8) is 0 Å². The summed E-state index contributed by atoms with van der Waals surface area (Å²) in [6.45, 7) is 3.25. The fraction of sp³-hybridized carbons (Fsp3) is 0.130. The number of nitrogens with zero attached hydrogens (tertiary/aromatic N) is 2. The van der Waals surface area contributed by atoms with E-state index in [9.17, 15) is 9.59 Å². The van der Waals surface area contributed by atoms with E-state index in [4.69, 9.17) is 0 Å². The Labute approximate surface area is 182 Å². The maximum Gasteiger partial charge on any atom is 0.258 e. The number of hydrogen-bond acceptors (Lipinski definition) is 4. The van der Waals surface area contributed by atoms with E-state index in [1.165, 1.54) is 4.88 Å². The van der Waals surface area contributed by atoms with Crippen molar-refractivity contribution in [1.82, 2.24) is 4.57 Å². The third-order valence-electron chi connectivity index (χ3n) is 5.31. The molecule has 7 heteroatoms. The zero-order chi connectivity index (χ0) is 20.7. The van der Waals surface area contributed by atoms with Crippen molar-refractivity contribution >= 4 is 45.9 Å². The number of benzene rings is 1. The topological polar surface area (TPSA) is 54.3 Å². The van der Waals surface area contributed by atoms with Gasteiger partial charge in [-0.15, -0.1) is 22.7 Å². The van der Waals surface area contributed by atoms with Crippen molar-refractivity contribution in [3.8, 4) is 0 Å². The summed E-state index contributed by atoms with van der Waals surface area (Å²) in [7, 11) is 0. The first kappa shape index (κ1) is 18.8. The van der Waals surface area contributed by atoms with Crippen LogP contribution < -0.4 is 10.2 Å². The van der Waals surface area contributed by atoms with Gasteiger partial charge in [-0.1, -0.05) is 0 Å². The molecule has 30 heavy (non-hydrogen) atoms. The van der Waals surface area contributed by atoms with E-state index in [0.29, 0.717) is 23.4 Å². The Morgan fingerprint density at radius 1 is 0.967 bits per heavy atom. The normalized spacial score (nSPS) is 12.8. The van der Waals surface area contributed by atoms with Gasteiger partial charge in [0.05, 0.1) is 24.3 Å². The van der Waals surface area contributed by atoms with E-state index < -0.39 is 0 Å². The number of fused-ring (bicyclic) bond motifs is 2. The molecule has 150 valence electrons. The number of amides is 2. The zero-order valence-corrected chi connectivity index (χ0v) is 17.9. The molecule has 0 aliphatic carbocycles. The van der Waals surface area contributed by atoms with Crippen LogP contribution in [-0.2, 0) is 13.1 Å². The van der Waals surface area contributed by atoms with Crippen LogP contribution in [0.15, 0.2) is 65.5 Å². The molecule has 2 amide bonds. The van der Waals surface area contributed by atoms with Crippen LogP contribution in [0.2, 0.25) is 0 Å². The predicted octanol–water partition coefficient (Wildman–Crippen LogP) is 5.38. The van der Waals surface area contributed by atoms with Gasteiger partial charge in [-0.3, -0.25) is 9.59 Å². The first-order valence-corrected chi connectivity index (χ1v) is 11.3. The van der Waals surface area contributed by atoms with E-state index in [-0.39, 0.29) is 11.8 Å². The van der Waals surface area contributed by atoms with Crippen LogP contribution in [0.5, 0.6) is 0 Å². The summed E-state index contributed by atoms with van der Waals surface area (Å²) in [5.41, 5.74) is 4.03. The second-order valence-corrected chi connectivity index (χ2v) is 9.29. The molecule has 0 bridgehead atoms. The van der Waals surface area contributed by atoms with Crippen LogP contribution in [0.4, 0.5) is 11.4 Å². The van der Waals surface area contributed by atoms with E-state index >= 15 is 0 Å². The second-order valence-electron chi connectivity index (χ2n) is 7.17. The van der Waals surface area contributed by atoms with Crippen molar-refractivity contribution < 1.29 is 9.59 Å². The Morgan fingerprint density at radius 3 is 2.53 bits per heavy atom. The lowest BCUT2D eigenvalue weighted by Crippen LogP contribution is -2.30. The molecule has 1 aliphatic rings. The first-order valence-electron chi connectivity index (χ1n) is 9.58. The highest BCUT2D eigenvalue weighted by Crippen LogP contribution is 2.33. The molecule has 5 nitrogen and oxygen atoms in total. The third kappa shape index (κ3) is 3.36. The Morgan fingerprint density at radius 2 is 1.77 bits per heavy atom. The molecule has 0 saturated carbocycles. The molecule has 4 aromatic rings. The van der Waals surface area contributed by atoms with Gasteiger partial charge in [-0.25, -0.2) is 0 Å². The largest absolute Gasteiger partial charge is 0.344 e. The van der Waals surface area contributed by atoms with Gasteiger partial charge in [0.1, 0.15) is 0 Å². The van der Waals surface area contributed by atoms with Crippen molar-refractivity contribution in [2.45, 2.75) is 20.0 Å². The summed E-state index contributed by atoms with van der Waals surface area (Å²) in [5, 5.41) is 6.84. The number of hydrogen-bond donors (Lipinski definition) is 1. The molecule has 0 radical (unpaired) electrons. The molecule has 0 atom stereocenters. The lowest BCUT2D eigenvalue weighted by atomic mass is 10.1. The lowest BCUT2D eigenvalue weighted by molar-refractivity contribution is 0.0984. The standard InChI is InChI=1S/C23H19N3O2S2/c1-15-19(8-11-29-15)22(27)24-17-6-4-16(5-7-17)23(28)26-13-18-3-2-10-25(18)14-21-20(26)9-12-30-21/h2-12H,13-14H2,1H3,(H,24,27). The Balaban J connectivity index is 1.38. The van der Waals surface area contributed by atoms with Crippen LogP contribution in [-0.4, -0.2) is 16.4 Å². The summed E-state index contributed by atoms with van der Waals surface area (Å²) >= 11 is 3.22. The second kappa shape index (κ2) is 7.59. The number of aryl methyl sites for hydroxylation is 1. The first-order chi connectivity index (χ1) is 14.6. The minimum absolute atomic E-state index is 0.0455. The minimum atomic E-state index is -0.135. The van der Waals surface area contributed by atoms with Gasteiger partial charge in [-0.2, -0.15) is 0 Å². The van der Waals surface area contributed by atoms with Crippen molar-refractivity contribution in [2.75, 3.05) is 10.2 Å². The fourth-order valence-electron chi connectivity index (χ4n) is 3.69. The average molecular weight is 434 g/mol. The van der Waals surface area contributed by atoms with Crippen molar-refractivity contribution in [3.05, 3.63) is 92.1 Å². The van der Waals surface area contributed by atoms with Gasteiger partial charge in [0.25, 0.3) is 11.8 Å². The van der Waals surface area contributed by atoms with Crippen LogP contribution in [0.3, 0.4) is 0 Å². The molecule has 1 aliphatic heterocycles. The van der Waals surface area contributed by atoms with Crippen LogP contribution >= 0.6 is 22.7 Å². The molecule has 5 rings (SSSR count). The molecule has 1 N–H and O–H groups in total. The van der Waals surface area contributed by atoms with Gasteiger partial charge in [0.2, 0.25) is 0 Å². The fourth-order valence-corrected chi connectivity index (χ4v) is 5.26. The molecule has 0 fully saturated rings. The van der Waals surface area contributed by atoms with Crippen LogP contribution in [0.1, 0.15) is 36.2 Å². The maximum absolute atomic E-state index is 13.3. The van der Waals surface area contributed by atoms with Crippen molar-refractivity contribution in [1.29, 1.82) is 0 Å². The average Bonchev–Trinajstić information content (AvgIpc) is 3.47. The molecule has 0 unspecified atom stereocenters. The molecule has 0 saturated heterocycles. The molecular formula is C23H19N3O2S2. The lowest BCUT2D eigenvalue weighted by Gasteiger charge is -2.21. The number of nitrogens with one attached hydrogen (secondary N) is 1. The Hall–Kier alpha value is -3.16. The third-order valence-corrected chi connectivity index (χ3v) is 7.05. The van der Waals surface area contributed by atoms with Gasteiger partial charge in [0, 0.05) is 32.9 Å². The summed E-state index contributed by atoms with van der Waals surface area (Å²) in [6, 6.07) is 15.0. The number of thiophene rings is 2. The SMILES string of the molecule is Cc1sccc1C(=O)Nc1ccc(C(=O)N2Cc3cccn3Cc3sccc32)cc1. The highest BCUT2D eigenvalue weighted by Gasteiger charge is 2.25. The minimum Gasteiger partial charge on any atom is -0.344 e. The van der Waals surface area contributed by atoms with E-state index in [0.717, 1.165) is 22.8 Å². The Kier molecular flexibility index (Phi) is 4.77. The van der Waals surface area contributed by atoms with Crippen LogP contribution in [0, 0.1) is 6.92 Å². The number of carbonyl (C=O) groups excluding carboxylic acids is 2. The van der Waals surface area contributed by atoms with E-state index in [2.05, 4.69) is 22.1 Å². The molecule has 1 aromatic carbocycles. The molecule has 0 spiro atoms. The van der Waals surface area contributed by atoms with Gasteiger partial charge < -0.3 is 14.8 Å². The van der Waals surface area contributed by atoms with Crippen molar-refractivity contribution in [2.24, 2.45) is 0 Å². The number of rotatable bonds is 3. The Bertz CT molecular complexity index is 1230.